The summed E-state index contributed by atoms with van der Waals surface area (Å²) < 4.78 is 32.3. The highest BCUT2D eigenvalue weighted by atomic mass is 32.2. The van der Waals surface area contributed by atoms with E-state index in [4.69, 9.17) is 16.8 Å². The lowest BCUT2D eigenvalue weighted by Crippen LogP contribution is -2.11. The van der Waals surface area contributed by atoms with Crippen LogP contribution in [-0.4, -0.2) is 34.1 Å². The number of aliphatic imine (C=N–C) groups is 1. The Balaban J connectivity index is 2.00. The van der Waals surface area contributed by atoms with Crippen molar-refractivity contribution in [3.05, 3.63) is 38.7 Å². The Bertz CT molecular complexity index is 1030. The number of hydrogen-bond donors (Lipinski definition) is 2. The molecule has 0 radical (unpaired) electrons. The van der Waals surface area contributed by atoms with Gasteiger partial charge in [-0.3, -0.25) is 14.1 Å². The minimum atomic E-state index is -4.13. The maximum Gasteiger partial charge on any atom is 0.266 e. The first-order valence-corrected chi connectivity index (χ1v) is 9.84. The Morgan fingerprint density at radius 1 is 1.38 bits per heavy atom. The van der Waals surface area contributed by atoms with Gasteiger partial charge in [0.2, 0.25) is 5.88 Å². The van der Waals surface area contributed by atoms with Crippen molar-refractivity contribution in [3.63, 3.8) is 0 Å². The maximum absolute atomic E-state index is 10.9. The monoisotopic (exact) mass is 382 g/mol. The molecule has 0 saturated heterocycles. The number of hydrogen-bond acceptors (Lipinski definition) is 6. The number of allylic oxidation sites excluding steroid dienone is 1. The molecule has 0 aliphatic carbocycles. The number of benzene rings is 1. The molecule has 6 nitrogen and oxygen atoms in total. The molecule has 9 heteroatoms. The molecule has 2 N–H and O–H groups in total. The van der Waals surface area contributed by atoms with Gasteiger partial charge in [-0.15, -0.1) is 11.3 Å². The minimum absolute atomic E-state index is 0.104. The molecule has 0 atom stereocenters. The normalized spacial score (nSPS) is 15.6. The molecule has 0 spiro atoms. The van der Waals surface area contributed by atoms with Crippen molar-refractivity contribution in [1.29, 1.82) is 0 Å². The first-order chi connectivity index (χ1) is 11.3. The predicted octanol–water partition coefficient (Wildman–Crippen LogP) is 3.52. The van der Waals surface area contributed by atoms with Crippen molar-refractivity contribution in [2.75, 3.05) is 5.75 Å². The topological polar surface area (TPSA) is 91.9 Å². The molecule has 126 valence electrons. The lowest BCUT2D eigenvalue weighted by molar-refractivity contribution is 0.416. The molecule has 0 saturated carbocycles. The van der Waals surface area contributed by atoms with Crippen LogP contribution >= 0.6 is 23.6 Å². The van der Waals surface area contributed by atoms with E-state index in [-0.39, 0.29) is 12.4 Å². The third-order valence-electron chi connectivity index (χ3n) is 3.61. The molecule has 2 heterocycles. The van der Waals surface area contributed by atoms with Crippen LogP contribution in [0.2, 0.25) is 0 Å². The molecule has 1 aliphatic heterocycles. The fourth-order valence-corrected chi connectivity index (χ4v) is 4.17. The molecule has 2 aromatic rings. The molecule has 0 unspecified atom stereocenters. The van der Waals surface area contributed by atoms with Gasteiger partial charge in [-0.05, 0) is 31.3 Å². The third-order valence-corrected chi connectivity index (χ3v) is 5.70. The predicted molar refractivity (Wildman–Crippen MR) is 98.3 cm³/mol. The Kier molecular flexibility index (Phi) is 4.43. The fraction of sp³-hybridized carbons (Fsp3) is 0.200. The van der Waals surface area contributed by atoms with Crippen LogP contribution in [0.15, 0.2) is 29.3 Å². The van der Waals surface area contributed by atoms with Gasteiger partial charge in [0.25, 0.3) is 10.1 Å². The van der Waals surface area contributed by atoms with Crippen molar-refractivity contribution in [1.82, 2.24) is 4.57 Å². The van der Waals surface area contributed by atoms with Crippen LogP contribution in [0.1, 0.15) is 17.4 Å². The van der Waals surface area contributed by atoms with E-state index in [0.717, 1.165) is 22.5 Å². The summed E-state index contributed by atoms with van der Waals surface area (Å²) in [7, 11) is -4.13. The van der Waals surface area contributed by atoms with Crippen LogP contribution in [0.5, 0.6) is 5.88 Å². The van der Waals surface area contributed by atoms with Gasteiger partial charge in [0.1, 0.15) is 0 Å². The van der Waals surface area contributed by atoms with Gasteiger partial charge in [-0.2, -0.15) is 8.42 Å². The van der Waals surface area contributed by atoms with Crippen molar-refractivity contribution < 1.29 is 18.1 Å². The van der Waals surface area contributed by atoms with Crippen molar-refractivity contribution in [3.8, 4) is 5.88 Å². The number of rotatable bonds is 4. The summed E-state index contributed by atoms with van der Waals surface area (Å²) in [5.41, 5.74) is 3.56. The first kappa shape index (κ1) is 17.0. The second-order valence-corrected chi connectivity index (χ2v) is 8.51. The Labute approximate surface area is 148 Å². The van der Waals surface area contributed by atoms with Crippen LogP contribution < -0.4 is 0 Å². The van der Waals surface area contributed by atoms with E-state index in [1.807, 2.05) is 31.2 Å². The fourth-order valence-electron chi connectivity index (χ4n) is 2.46. The van der Waals surface area contributed by atoms with E-state index in [2.05, 4.69) is 4.99 Å². The quantitative estimate of drug-likeness (QED) is 0.623. The Morgan fingerprint density at radius 2 is 2.08 bits per heavy atom. The molecule has 0 fully saturated rings. The van der Waals surface area contributed by atoms with Gasteiger partial charge in [0, 0.05) is 23.4 Å². The second-order valence-electron chi connectivity index (χ2n) is 5.27. The highest BCUT2D eigenvalue weighted by Crippen LogP contribution is 2.38. The van der Waals surface area contributed by atoms with Crippen LogP contribution in [0.3, 0.4) is 0 Å². The average molecular weight is 382 g/mol. The number of para-hydroxylation sites is 1. The van der Waals surface area contributed by atoms with E-state index in [1.165, 1.54) is 15.9 Å². The summed E-state index contributed by atoms with van der Waals surface area (Å²) in [6.45, 7) is 1.78. The zero-order chi connectivity index (χ0) is 17.5. The number of thiazole rings is 1. The summed E-state index contributed by atoms with van der Waals surface area (Å²) in [6, 6.07) is 7.69. The van der Waals surface area contributed by atoms with Gasteiger partial charge in [-0.1, -0.05) is 18.2 Å². The summed E-state index contributed by atoms with van der Waals surface area (Å²) in [5.74, 6) is -0.622. The standard InChI is InChI=1S/C15H14N2O4S3/c1-9-11(10-4-2-3-5-12(10)16-9)8-13-14(18)17(15(22)23-13)6-7-24(19,20)21/h2-5,8,18H,6-7H2,1H3,(H,19,20,21)/b11-8+. The lowest BCUT2D eigenvalue weighted by atomic mass is 10.0. The van der Waals surface area contributed by atoms with Gasteiger partial charge < -0.3 is 5.11 Å². The second kappa shape index (κ2) is 6.25. The van der Waals surface area contributed by atoms with Crippen LogP contribution in [0, 0.1) is 3.95 Å². The van der Waals surface area contributed by atoms with Crippen molar-refractivity contribution in [2.24, 2.45) is 4.99 Å². The van der Waals surface area contributed by atoms with Crippen molar-refractivity contribution >= 4 is 56.7 Å². The molecular formula is C15H14N2O4S3. The highest BCUT2D eigenvalue weighted by molar-refractivity contribution is 7.85. The van der Waals surface area contributed by atoms with Gasteiger partial charge in [0.05, 0.1) is 16.3 Å². The molecule has 1 aromatic carbocycles. The minimum Gasteiger partial charge on any atom is -0.493 e. The maximum atomic E-state index is 10.9. The Hall–Kier alpha value is -1.81. The van der Waals surface area contributed by atoms with Gasteiger partial charge in [-0.25, -0.2) is 0 Å². The highest BCUT2D eigenvalue weighted by Gasteiger charge is 2.19. The SMILES string of the molecule is CC1=Nc2ccccc2/C1=C/c1sc(=S)n(CCS(=O)(=O)O)c1O. The zero-order valence-electron chi connectivity index (χ0n) is 12.6. The van der Waals surface area contributed by atoms with Gasteiger partial charge >= 0.3 is 0 Å². The summed E-state index contributed by atoms with van der Waals surface area (Å²) in [4.78, 5) is 5.01. The average Bonchev–Trinajstić information content (AvgIpc) is 2.95. The lowest BCUT2D eigenvalue weighted by Gasteiger charge is -2.04. The smallest absolute Gasteiger partial charge is 0.266 e. The number of aromatic hydroxyl groups is 1. The number of fused-ring (bicyclic) bond motifs is 1. The van der Waals surface area contributed by atoms with E-state index >= 15 is 0 Å². The van der Waals surface area contributed by atoms with E-state index in [0.29, 0.717) is 8.83 Å². The number of aromatic nitrogens is 1. The zero-order valence-corrected chi connectivity index (χ0v) is 15.1. The Morgan fingerprint density at radius 3 is 2.79 bits per heavy atom. The summed E-state index contributed by atoms with van der Waals surface area (Å²) in [5, 5.41) is 10.3. The summed E-state index contributed by atoms with van der Waals surface area (Å²) in [6.07, 6.45) is 1.80. The van der Waals surface area contributed by atoms with E-state index in [1.54, 1.807) is 6.08 Å². The van der Waals surface area contributed by atoms with Crippen LogP contribution in [-0.2, 0) is 16.7 Å². The molecule has 24 heavy (non-hydrogen) atoms. The largest absolute Gasteiger partial charge is 0.493 e. The molecule has 3 rings (SSSR count). The molecule has 0 amide bonds. The van der Waals surface area contributed by atoms with Crippen LogP contribution in [0.4, 0.5) is 5.69 Å². The molecule has 0 bridgehead atoms. The van der Waals surface area contributed by atoms with Gasteiger partial charge in [0.15, 0.2) is 3.95 Å². The van der Waals surface area contributed by atoms with E-state index in [9.17, 15) is 13.5 Å². The van der Waals surface area contributed by atoms with Crippen LogP contribution in [0.25, 0.3) is 11.6 Å². The summed E-state index contributed by atoms with van der Waals surface area (Å²) >= 11 is 6.36. The number of nitrogens with zero attached hydrogens (tertiary/aromatic N) is 2. The van der Waals surface area contributed by atoms with E-state index < -0.39 is 15.9 Å². The molecule has 1 aromatic heterocycles. The third kappa shape index (κ3) is 3.34. The first-order valence-electron chi connectivity index (χ1n) is 7.01. The molecular weight excluding hydrogens is 368 g/mol. The van der Waals surface area contributed by atoms with Crippen molar-refractivity contribution in [2.45, 2.75) is 13.5 Å². The molecule has 1 aliphatic rings.